The molecule has 0 amide bonds. The monoisotopic (exact) mass is 242 g/mol. The summed E-state index contributed by atoms with van der Waals surface area (Å²) in [5.41, 5.74) is 1.06. The summed E-state index contributed by atoms with van der Waals surface area (Å²) < 4.78 is 9.32. The molecule has 0 unspecified atom stereocenters. The molecule has 0 radical (unpaired) electrons. The van der Waals surface area contributed by atoms with Gasteiger partial charge in [0.05, 0.1) is 6.10 Å². The lowest BCUT2D eigenvalue weighted by Gasteiger charge is -2.30. The number of methoxy groups -OCH3 is 1. The van der Waals surface area contributed by atoms with Crippen LogP contribution in [0.2, 0.25) is 0 Å². The highest BCUT2D eigenvalue weighted by atomic mass is 32.1. The maximum Gasteiger partial charge on any atom is 0.134 e. The van der Waals surface area contributed by atoms with Gasteiger partial charge >= 0.3 is 0 Å². The maximum absolute atomic E-state index is 5.35. The van der Waals surface area contributed by atoms with E-state index in [1.807, 2.05) is 7.05 Å². The Labute approximate surface area is 100.0 Å². The van der Waals surface area contributed by atoms with Crippen molar-refractivity contribution in [2.75, 3.05) is 32.6 Å². The molecular formula is C10H18N4OS. The second-order valence-electron chi connectivity index (χ2n) is 4.01. The van der Waals surface area contributed by atoms with Crippen molar-refractivity contribution in [3.63, 3.8) is 0 Å². The van der Waals surface area contributed by atoms with Crippen LogP contribution < -0.4 is 5.32 Å². The zero-order chi connectivity index (χ0) is 11.4. The summed E-state index contributed by atoms with van der Waals surface area (Å²) in [7, 11) is 3.71. The summed E-state index contributed by atoms with van der Waals surface area (Å²) in [6.45, 7) is 3.06. The molecule has 0 saturated carbocycles. The average molecular weight is 242 g/mol. The number of nitrogens with zero attached hydrogens (tertiary/aromatic N) is 3. The third-order valence-electron chi connectivity index (χ3n) is 3.02. The Balaban J connectivity index is 1.87. The number of aromatic nitrogens is 2. The summed E-state index contributed by atoms with van der Waals surface area (Å²) in [5.74, 6) is 0. The van der Waals surface area contributed by atoms with Crippen LogP contribution in [-0.2, 0) is 11.3 Å². The smallest absolute Gasteiger partial charge is 0.134 e. The predicted molar refractivity (Wildman–Crippen MR) is 64.8 cm³/mol. The summed E-state index contributed by atoms with van der Waals surface area (Å²) in [6, 6.07) is 0. The molecule has 5 nitrogen and oxygen atoms in total. The second kappa shape index (κ2) is 5.56. The highest BCUT2D eigenvalue weighted by Crippen LogP contribution is 2.21. The normalized spacial score (nSPS) is 18.9. The standard InChI is InChI=1S/C10H18N4OS/c1-11-10-9(12-13-16-10)7-14-5-3-8(15-2)4-6-14/h8,11H,3-7H2,1-2H3. The van der Waals surface area contributed by atoms with Gasteiger partial charge in [-0.1, -0.05) is 4.49 Å². The Kier molecular flexibility index (Phi) is 4.09. The molecule has 0 aliphatic carbocycles. The van der Waals surface area contributed by atoms with Crippen LogP contribution in [0, 0.1) is 0 Å². The Morgan fingerprint density at radius 3 is 2.88 bits per heavy atom. The van der Waals surface area contributed by atoms with Gasteiger partial charge in [0.1, 0.15) is 10.7 Å². The first kappa shape index (κ1) is 11.8. The van der Waals surface area contributed by atoms with Crippen LogP contribution in [0.3, 0.4) is 0 Å². The number of anilines is 1. The van der Waals surface area contributed by atoms with Crippen LogP contribution in [0.15, 0.2) is 0 Å². The highest BCUT2D eigenvalue weighted by molar-refractivity contribution is 7.10. The molecule has 1 saturated heterocycles. The van der Waals surface area contributed by atoms with Crippen LogP contribution in [-0.4, -0.2) is 47.8 Å². The van der Waals surface area contributed by atoms with E-state index in [9.17, 15) is 0 Å². The predicted octanol–water partition coefficient (Wildman–Crippen LogP) is 1.19. The van der Waals surface area contributed by atoms with E-state index in [4.69, 9.17) is 4.74 Å². The molecule has 1 aromatic rings. The molecule has 0 atom stereocenters. The summed E-state index contributed by atoms with van der Waals surface area (Å²) in [5, 5.41) is 8.36. The van der Waals surface area contributed by atoms with Crippen LogP contribution in [0.4, 0.5) is 5.00 Å². The van der Waals surface area contributed by atoms with E-state index in [2.05, 4.69) is 19.8 Å². The van der Waals surface area contributed by atoms with Crippen molar-refractivity contribution in [2.45, 2.75) is 25.5 Å². The molecule has 16 heavy (non-hydrogen) atoms. The Hall–Kier alpha value is -0.720. The zero-order valence-corrected chi connectivity index (χ0v) is 10.6. The van der Waals surface area contributed by atoms with Crippen LogP contribution >= 0.6 is 11.5 Å². The van der Waals surface area contributed by atoms with Gasteiger partial charge in [-0.25, -0.2) is 0 Å². The number of ether oxygens (including phenoxy) is 1. The van der Waals surface area contributed by atoms with Crippen LogP contribution in [0.5, 0.6) is 0 Å². The molecule has 1 aliphatic rings. The topological polar surface area (TPSA) is 50.3 Å². The van der Waals surface area contributed by atoms with Crippen molar-refractivity contribution >= 4 is 16.5 Å². The van der Waals surface area contributed by atoms with Gasteiger partial charge in [0.25, 0.3) is 0 Å². The second-order valence-corrected chi connectivity index (χ2v) is 4.76. The first-order valence-electron chi connectivity index (χ1n) is 5.57. The van der Waals surface area contributed by atoms with E-state index < -0.39 is 0 Å². The summed E-state index contributed by atoms with van der Waals surface area (Å²) >= 11 is 1.42. The van der Waals surface area contributed by atoms with Crippen molar-refractivity contribution in [1.29, 1.82) is 0 Å². The van der Waals surface area contributed by atoms with Crippen molar-refractivity contribution in [3.05, 3.63) is 5.69 Å². The van der Waals surface area contributed by atoms with Gasteiger partial charge in [0.2, 0.25) is 0 Å². The fourth-order valence-electron chi connectivity index (χ4n) is 2.02. The van der Waals surface area contributed by atoms with E-state index in [1.54, 1.807) is 7.11 Å². The van der Waals surface area contributed by atoms with Crippen molar-refractivity contribution in [2.24, 2.45) is 0 Å². The molecule has 1 aliphatic heterocycles. The van der Waals surface area contributed by atoms with E-state index in [0.717, 1.165) is 43.2 Å². The van der Waals surface area contributed by atoms with E-state index in [1.165, 1.54) is 11.5 Å². The molecule has 1 N–H and O–H groups in total. The fraction of sp³-hybridized carbons (Fsp3) is 0.800. The molecule has 90 valence electrons. The largest absolute Gasteiger partial charge is 0.381 e. The van der Waals surface area contributed by atoms with Gasteiger partial charge in [0.15, 0.2) is 0 Å². The summed E-state index contributed by atoms with van der Waals surface area (Å²) in [4.78, 5) is 2.41. The van der Waals surface area contributed by atoms with Crippen LogP contribution in [0.1, 0.15) is 18.5 Å². The highest BCUT2D eigenvalue weighted by Gasteiger charge is 2.20. The minimum Gasteiger partial charge on any atom is -0.381 e. The molecule has 0 bridgehead atoms. The number of hydrogen-bond donors (Lipinski definition) is 1. The number of nitrogens with one attached hydrogen (secondary N) is 1. The van der Waals surface area contributed by atoms with Crippen molar-refractivity contribution in [1.82, 2.24) is 14.5 Å². The van der Waals surface area contributed by atoms with E-state index in [0.29, 0.717) is 6.10 Å². The molecular weight excluding hydrogens is 224 g/mol. The third kappa shape index (κ3) is 2.69. The van der Waals surface area contributed by atoms with Crippen molar-refractivity contribution < 1.29 is 4.74 Å². The molecule has 0 spiro atoms. The van der Waals surface area contributed by atoms with Gasteiger partial charge in [0, 0.05) is 45.3 Å². The number of likely N-dealkylation sites (tertiary alicyclic amines) is 1. The molecule has 1 fully saturated rings. The van der Waals surface area contributed by atoms with Gasteiger partial charge in [-0.2, -0.15) is 0 Å². The first-order valence-corrected chi connectivity index (χ1v) is 6.35. The van der Waals surface area contributed by atoms with Gasteiger partial charge in [-0.05, 0) is 12.8 Å². The van der Waals surface area contributed by atoms with E-state index >= 15 is 0 Å². The number of rotatable bonds is 4. The molecule has 2 rings (SSSR count). The maximum atomic E-state index is 5.35. The van der Waals surface area contributed by atoms with E-state index in [-0.39, 0.29) is 0 Å². The Morgan fingerprint density at radius 2 is 2.25 bits per heavy atom. The minimum atomic E-state index is 0.438. The van der Waals surface area contributed by atoms with Gasteiger partial charge in [-0.3, -0.25) is 4.90 Å². The molecule has 1 aromatic heterocycles. The minimum absolute atomic E-state index is 0.438. The Bertz CT molecular complexity index is 322. The van der Waals surface area contributed by atoms with Gasteiger partial charge < -0.3 is 10.1 Å². The lowest BCUT2D eigenvalue weighted by molar-refractivity contribution is 0.0386. The SMILES string of the molecule is CNc1snnc1CN1CCC(OC)CC1. The zero-order valence-electron chi connectivity index (χ0n) is 9.77. The van der Waals surface area contributed by atoms with Crippen molar-refractivity contribution in [3.8, 4) is 0 Å². The number of hydrogen-bond acceptors (Lipinski definition) is 6. The fourth-order valence-corrected chi connectivity index (χ4v) is 2.54. The summed E-state index contributed by atoms with van der Waals surface area (Å²) in [6.07, 6.45) is 2.67. The molecule has 6 heteroatoms. The molecule has 0 aromatic carbocycles. The van der Waals surface area contributed by atoms with Gasteiger partial charge in [-0.15, -0.1) is 5.10 Å². The Morgan fingerprint density at radius 1 is 1.50 bits per heavy atom. The third-order valence-corrected chi connectivity index (χ3v) is 3.81. The lowest BCUT2D eigenvalue weighted by Crippen LogP contribution is -2.36. The quantitative estimate of drug-likeness (QED) is 0.859. The number of piperidine rings is 1. The first-order chi connectivity index (χ1) is 7.83. The average Bonchev–Trinajstić information content (AvgIpc) is 2.77. The molecule has 2 heterocycles. The lowest BCUT2D eigenvalue weighted by atomic mass is 10.1. The van der Waals surface area contributed by atoms with Crippen LogP contribution in [0.25, 0.3) is 0 Å².